The third-order valence-corrected chi connectivity index (χ3v) is 8.92. The number of nitrogens with zero attached hydrogens (tertiary/aromatic N) is 4. The van der Waals surface area contributed by atoms with Crippen molar-refractivity contribution in [2.24, 2.45) is 0 Å². The molecule has 10 nitrogen and oxygen atoms in total. The zero-order valence-electron chi connectivity index (χ0n) is 22.6. The van der Waals surface area contributed by atoms with Gasteiger partial charge < -0.3 is 24.8 Å². The summed E-state index contributed by atoms with van der Waals surface area (Å²) in [5.41, 5.74) is 4.04. The predicted octanol–water partition coefficient (Wildman–Crippen LogP) is 4.75. The van der Waals surface area contributed by atoms with Crippen molar-refractivity contribution in [1.82, 2.24) is 19.9 Å². The molecule has 210 valence electrons. The Morgan fingerprint density at radius 2 is 1.66 bits per heavy atom. The Morgan fingerprint density at radius 3 is 2.37 bits per heavy atom. The van der Waals surface area contributed by atoms with E-state index in [2.05, 4.69) is 34.8 Å². The molecule has 1 saturated heterocycles. The number of rotatable bonds is 6. The number of ether oxygens (including phenoxy) is 1. The van der Waals surface area contributed by atoms with Crippen LogP contribution >= 0.6 is 12.2 Å². The van der Waals surface area contributed by atoms with E-state index >= 15 is 0 Å². The summed E-state index contributed by atoms with van der Waals surface area (Å²) in [6.07, 6.45) is 1.59. The molecule has 5 aromatic rings. The number of piperazine rings is 1. The molecule has 1 aliphatic rings. The molecule has 3 N–H and O–H groups in total. The molecule has 0 amide bonds. The van der Waals surface area contributed by atoms with E-state index in [0.29, 0.717) is 23.9 Å². The summed E-state index contributed by atoms with van der Waals surface area (Å²) in [4.78, 5) is 17.0. The van der Waals surface area contributed by atoms with Gasteiger partial charge in [0.15, 0.2) is 5.11 Å². The van der Waals surface area contributed by atoms with E-state index in [1.165, 1.54) is 0 Å². The minimum Gasteiger partial charge on any atom is -0.497 e. The molecular weight excluding hydrogens is 558 g/mol. The van der Waals surface area contributed by atoms with E-state index in [1.54, 1.807) is 49.8 Å². The van der Waals surface area contributed by atoms with E-state index < -0.39 is 10.0 Å². The largest absolute Gasteiger partial charge is 0.497 e. The van der Waals surface area contributed by atoms with Crippen LogP contribution in [-0.4, -0.2) is 66.7 Å². The fourth-order valence-electron chi connectivity index (χ4n) is 4.94. The van der Waals surface area contributed by atoms with Gasteiger partial charge in [-0.05, 0) is 67.7 Å². The van der Waals surface area contributed by atoms with Gasteiger partial charge in [-0.25, -0.2) is 18.4 Å². The number of aromatic nitrogens is 3. The summed E-state index contributed by atoms with van der Waals surface area (Å²) in [6.45, 7) is 4.84. The number of hydrogen-bond acceptors (Lipinski definition) is 7. The summed E-state index contributed by atoms with van der Waals surface area (Å²) in [6, 6.07) is 19.7. The zero-order valence-corrected chi connectivity index (χ0v) is 24.2. The van der Waals surface area contributed by atoms with Gasteiger partial charge in [0, 0.05) is 49.0 Å². The Labute approximate surface area is 243 Å². The number of aromatic amines is 1. The van der Waals surface area contributed by atoms with Gasteiger partial charge in [0.25, 0.3) is 10.0 Å². The van der Waals surface area contributed by atoms with Gasteiger partial charge in [-0.2, -0.15) is 0 Å². The van der Waals surface area contributed by atoms with E-state index in [9.17, 15) is 8.42 Å². The number of benzene rings is 3. The van der Waals surface area contributed by atoms with Crippen molar-refractivity contribution in [2.45, 2.75) is 11.8 Å². The Kier molecular flexibility index (Phi) is 7.10. The Balaban J connectivity index is 1.10. The first-order valence-corrected chi connectivity index (χ1v) is 15.0. The third kappa shape index (κ3) is 5.48. The normalized spacial score (nSPS) is 13.9. The number of fused-ring (bicyclic) bond motifs is 3. The first kappa shape index (κ1) is 26.8. The maximum Gasteiger partial charge on any atom is 0.261 e. The van der Waals surface area contributed by atoms with Crippen molar-refractivity contribution in [3.63, 3.8) is 0 Å². The lowest BCUT2D eigenvalue weighted by atomic mass is 10.2. The van der Waals surface area contributed by atoms with Crippen LogP contribution in [0.2, 0.25) is 0 Å². The minimum atomic E-state index is -3.70. The van der Waals surface area contributed by atoms with Crippen molar-refractivity contribution in [3.05, 3.63) is 78.6 Å². The summed E-state index contributed by atoms with van der Waals surface area (Å²) in [5, 5.41) is 5.87. The Hall–Kier alpha value is -4.42. The molecule has 3 aromatic carbocycles. The van der Waals surface area contributed by atoms with Crippen molar-refractivity contribution < 1.29 is 13.2 Å². The standard InChI is InChI=1S/C29H29N7O3S2/c1-19-3-5-21(6-4-19)34-41(37,38)23-10-7-20(8-11-23)32-29(40)36-15-13-35(14-16-36)28-26-24-12-9-22(39-2)17-25(24)33-27(26)30-18-31-28/h3-12,17-18,34H,13-16H2,1-2H3,(H,32,40)(H,30,31,33). The molecule has 0 spiro atoms. The van der Waals surface area contributed by atoms with Gasteiger partial charge in [0.05, 0.1) is 22.9 Å². The summed E-state index contributed by atoms with van der Waals surface area (Å²) < 4.78 is 33.6. The monoisotopic (exact) mass is 587 g/mol. The Morgan fingerprint density at radius 1 is 0.951 bits per heavy atom. The second-order valence-corrected chi connectivity index (χ2v) is 11.9. The fourth-order valence-corrected chi connectivity index (χ4v) is 6.29. The molecule has 3 heterocycles. The first-order valence-electron chi connectivity index (χ1n) is 13.1. The average Bonchev–Trinajstić information content (AvgIpc) is 3.36. The van der Waals surface area contributed by atoms with E-state index in [1.807, 2.05) is 37.3 Å². The molecule has 6 rings (SSSR count). The van der Waals surface area contributed by atoms with Gasteiger partial charge in [-0.3, -0.25) is 4.72 Å². The molecule has 2 aromatic heterocycles. The second kappa shape index (κ2) is 10.9. The maximum absolute atomic E-state index is 12.8. The van der Waals surface area contributed by atoms with Gasteiger partial charge >= 0.3 is 0 Å². The number of nitrogens with one attached hydrogen (secondary N) is 3. The number of anilines is 3. The van der Waals surface area contributed by atoms with Crippen molar-refractivity contribution in [2.75, 3.05) is 48.2 Å². The zero-order chi connectivity index (χ0) is 28.6. The van der Waals surface area contributed by atoms with Gasteiger partial charge in [0.2, 0.25) is 0 Å². The van der Waals surface area contributed by atoms with E-state index in [4.69, 9.17) is 17.0 Å². The summed E-state index contributed by atoms with van der Waals surface area (Å²) >= 11 is 5.69. The number of sulfonamides is 1. The molecular formula is C29H29N7O3S2. The van der Waals surface area contributed by atoms with Gasteiger partial charge in [0.1, 0.15) is 23.5 Å². The van der Waals surface area contributed by atoms with Crippen LogP contribution in [0, 0.1) is 6.92 Å². The highest BCUT2D eigenvalue weighted by Crippen LogP contribution is 2.33. The highest BCUT2D eigenvalue weighted by atomic mass is 32.2. The molecule has 1 fully saturated rings. The third-order valence-electron chi connectivity index (χ3n) is 7.16. The number of methoxy groups -OCH3 is 1. The molecule has 0 atom stereocenters. The van der Waals surface area contributed by atoms with Crippen LogP contribution in [0.1, 0.15) is 5.56 Å². The van der Waals surface area contributed by atoms with Crippen LogP contribution in [0.15, 0.2) is 78.0 Å². The number of H-pyrrole nitrogens is 1. The molecule has 0 saturated carbocycles. The van der Waals surface area contributed by atoms with Crippen LogP contribution in [0.5, 0.6) is 5.75 Å². The van der Waals surface area contributed by atoms with E-state index in [-0.39, 0.29) is 4.90 Å². The lowest BCUT2D eigenvalue weighted by Crippen LogP contribution is -2.50. The van der Waals surface area contributed by atoms with Crippen LogP contribution in [-0.2, 0) is 10.0 Å². The van der Waals surface area contributed by atoms with Crippen LogP contribution in [0.4, 0.5) is 17.2 Å². The maximum atomic E-state index is 12.8. The van der Waals surface area contributed by atoms with E-state index in [0.717, 1.165) is 57.8 Å². The van der Waals surface area contributed by atoms with Crippen LogP contribution in [0.3, 0.4) is 0 Å². The Bertz CT molecular complexity index is 1830. The first-order chi connectivity index (χ1) is 19.8. The number of hydrogen-bond donors (Lipinski definition) is 3. The average molecular weight is 588 g/mol. The van der Waals surface area contributed by atoms with Gasteiger partial charge in [-0.15, -0.1) is 0 Å². The smallest absolute Gasteiger partial charge is 0.261 e. The molecule has 1 aliphatic heterocycles. The van der Waals surface area contributed by atoms with Crippen LogP contribution in [0.25, 0.3) is 21.9 Å². The number of thiocarbonyl (C=S) groups is 1. The molecule has 0 unspecified atom stereocenters. The number of aryl methyl sites for hydroxylation is 1. The fraction of sp³-hybridized carbons (Fsp3) is 0.207. The lowest BCUT2D eigenvalue weighted by molar-refractivity contribution is 0.390. The van der Waals surface area contributed by atoms with Crippen molar-refractivity contribution in [3.8, 4) is 5.75 Å². The highest BCUT2D eigenvalue weighted by Gasteiger charge is 2.23. The molecule has 0 radical (unpaired) electrons. The molecule has 12 heteroatoms. The highest BCUT2D eigenvalue weighted by molar-refractivity contribution is 7.92. The molecule has 0 aliphatic carbocycles. The van der Waals surface area contributed by atoms with Gasteiger partial charge in [-0.1, -0.05) is 17.7 Å². The van der Waals surface area contributed by atoms with Crippen molar-refractivity contribution >= 4 is 66.5 Å². The summed E-state index contributed by atoms with van der Waals surface area (Å²) in [5.74, 6) is 1.67. The quantitative estimate of drug-likeness (QED) is 0.242. The molecule has 0 bridgehead atoms. The molecule has 41 heavy (non-hydrogen) atoms. The lowest BCUT2D eigenvalue weighted by Gasteiger charge is -2.37. The SMILES string of the molecule is COc1ccc2c(c1)[nH]c1ncnc(N3CCN(C(=S)Nc4ccc(S(=O)(=O)Nc5ccc(C)cc5)cc4)CC3)c12. The van der Waals surface area contributed by atoms with Crippen LogP contribution < -0.4 is 19.7 Å². The minimum absolute atomic E-state index is 0.176. The predicted molar refractivity (Wildman–Crippen MR) is 166 cm³/mol. The van der Waals surface area contributed by atoms with Crippen molar-refractivity contribution in [1.29, 1.82) is 0 Å². The summed E-state index contributed by atoms with van der Waals surface area (Å²) in [7, 11) is -2.05. The second-order valence-electron chi connectivity index (χ2n) is 9.86. The topological polar surface area (TPSA) is 115 Å².